The minimum atomic E-state index is -3.73. The Morgan fingerprint density at radius 2 is 1.82 bits per heavy atom. The highest BCUT2D eigenvalue weighted by Crippen LogP contribution is 2.22. The van der Waals surface area contributed by atoms with Gasteiger partial charge in [0, 0.05) is 62.9 Å². The molecule has 4 rings (SSSR count). The lowest BCUT2D eigenvalue weighted by atomic mass is 10.2. The summed E-state index contributed by atoms with van der Waals surface area (Å²) in [6, 6.07) is 12.3. The van der Waals surface area contributed by atoms with Crippen molar-refractivity contribution in [3.63, 3.8) is 0 Å². The van der Waals surface area contributed by atoms with Crippen molar-refractivity contribution < 1.29 is 17.6 Å². The molecule has 0 radical (unpaired) electrons. The average molecular weight is 486 g/mol. The molecular weight excluding hydrogens is 457 g/mol. The number of aromatic nitrogens is 2. The maximum Gasteiger partial charge on any atom is 0.251 e. The second-order valence-electron chi connectivity index (χ2n) is 8.17. The molecule has 2 aromatic carbocycles. The lowest BCUT2D eigenvalue weighted by molar-refractivity contribution is 0.0952. The molecule has 0 bridgehead atoms. The lowest BCUT2D eigenvalue weighted by Crippen LogP contribution is -2.48. The molecule has 1 aliphatic heterocycles. The zero-order valence-electron chi connectivity index (χ0n) is 19.0. The Morgan fingerprint density at radius 3 is 2.50 bits per heavy atom. The monoisotopic (exact) mass is 485 g/mol. The second kappa shape index (κ2) is 10.4. The number of anilines is 1. The molecule has 180 valence electrons. The molecule has 34 heavy (non-hydrogen) atoms. The molecule has 1 aliphatic rings. The maximum atomic E-state index is 13.2. The number of benzene rings is 2. The van der Waals surface area contributed by atoms with E-state index in [1.165, 1.54) is 28.6 Å². The van der Waals surface area contributed by atoms with Crippen molar-refractivity contribution in [1.82, 2.24) is 19.2 Å². The predicted octanol–water partition coefficient (Wildman–Crippen LogP) is 2.66. The molecule has 1 fully saturated rings. The van der Waals surface area contributed by atoms with Crippen LogP contribution in [0.1, 0.15) is 22.6 Å². The fourth-order valence-electron chi connectivity index (χ4n) is 3.98. The van der Waals surface area contributed by atoms with E-state index in [1.54, 1.807) is 30.5 Å². The van der Waals surface area contributed by atoms with Gasteiger partial charge in [-0.1, -0.05) is 6.07 Å². The van der Waals surface area contributed by atoms with Crippen molar-refractivity contribution in [2.75, 3.05) is 37.6 Å². The predicted molar refractivity (Wildman–Crippen MR) is 128 cm³/mol. The van der Waals surface area contributed by atoms with Gasteiger partial charge in [-0.05, 0) is 55.8 Å². The number of sulfonamides is 1. The molecule has 3 aromatic rings. The number of amides is 1. The Hall–Kier alpha value is -3.24. The number of nitrogens with zero attached hydrogens (tertiary/aromatic N) is 4. The van der Waals surface area contributed by atoms with Gasteiger partial charge >= 0.3 is 0 Å². The van der Waals surface area contributed by atoms with Crippen LogP contribution in [0, 0.1) is 12.7 Å². The number of nitrogens with one attached hydrogen (secondary N) is 1. The fraction of sp³-hybridized carbons (Fsp3) is 0.333. The molecule has 1 aromatic heterocycles. The minimum absolute atomic E-state index is 0.101. The zero-order chi connectivity index (χ0) is 24.1. The van der Waals surface area contributed by atoms with Gasteiger partial charge in [-0.25, -0.2) is 17.8 Å². The first-order chi connectivity index (χ1) is 16.3. The third kappa shape index (κ3) is 5.45. The molecule has 0 saturated carbocycles. The number of piperazine rings is 1. The molecule has 0 aliphatic carbocycles. The summed E-state index contributed by atoms with van der Waals surface area (Å²) in [5.74, 6) is 0.311. The minimum Gasteiger partial charge on any atom is -0.369 e. The van der Waals surface area contributed by atoms with E-state index in [0.717, 1.165) is 24.5 Å². The molecule has 0 spiro atoms. The van der Waals surface area contributed by atoms with Crippen LogP contribution >= 0.6 is 0 Å². The van der Waals surface area contributed by atoms with Crippen LogP contribution in [0.15, 0.2) is 65.8 Å². The zero-order valence-corrected chi connectivity index (χ0v) is 19.8. The number of halogens is 1. The van der Waals surface area contributed by atoms with Crippen LogP contribution in [0.2, 0.25) is 0 Å². The molecule has 0 unspecified atom stereocenters. The Kier molecular flexibility index (Phi) is 7.28. The van der Waals surface area contributed by atoms with Gasteiger partial charge in [0.1, 0.15) is 11.6 Å². The van der Waals surface area contributed by atoms with Gasteiger partial charge < -0.3 is 14.8 Å². The SMILES string of the molecule is Cc1nccn1CCCNC(=O)c1cccc(S(=O)(=O)N2CCN(c3ccc(F)cc3)CC2)c1. The number of carbonyl (C=O) groups excluding carboxylic acids is 1. The summed E-state index contributed by atoms with van der Waals surface area (Å²) in [4.78, 5) is 18.9. The standard InChI is InChI=1S/C24H28FN5O3S/c1-19-26-11-13-28(19)12-3-10-27-24(31)20-4-2-5-23(18-20)34(32,33)30-16-14-29(15-17-30)22-8-6-21(25)7-9-22/h2,4-9,11,13,18H,3,10,12,14-17H2,1H3,(H,27,31). The second-order valence-corrected chi connectivity index (χ2v) is 10.1. The van der Waals surface area contributed by atoms with Gasteiger partial charge in [0.05, 0.1) is 4.90 Å². The van der Waals surface area contributed by atoms with E-state index >= 15 is 0 Å². The van der Waals surface area contributed by atoms with E-state index in [2.05, 4.69) is 10.3 Å². The van der Waals surface area contributed by atoms with E-state index in [1.807, 2.05) is 22.6 Å². The summed E-state index contributed by atoms with van der Waals surface area (Å²) < 4.78 is 43.0. The van der Waals surface area contributed by atoms with Gasteiger partial charge in [0.15, 0.2) is 0 Å². The van der Waals surface area contributed by atoms with Crippen molar-refractivity contribution in [2.45, 2.75) is 24.8 Å². The molecule has 1 saturated heterocycles. The first-order valence-corrected chi connectivity index (χ1v) is 12.7. The van der Waals surface area contributed by atoms with E-state index in [0.29, 0.717) is 38.3 Å². The van der Waals surface area contributed by atoms with Crippen molar-refractivity contribution in [3.05, 3.63) is 78.1 Å². The first-order valence-electron chi connectivity index (χ1n) is 11.2. The number of hydrogen-bond donors (Lipinski definition) is 1. The van der Waals surface area contributed by atoms with Crippen molar-refractivity contribution in [1.29, 1.82) is 0 Å². The van der Waals surface area contributed by atoms with Crippen LogP contribution in [0.4, 0.5) is 10.1 Å². The molecule has 10 heteroatoms. The number of carbonyl (C=O) groups is 1. The highest BCUT2D eigenvalue weighted by atomic mass is 32.2. The summed E-state index contributed by atoms with van der Waals surface area (Å²) in [5, 5.41) is 2.85. The first kappa shape index (κ1) is 23.9. The highest BCUT2D eigenvalue weighted by molar-refractivity contribution is 7.89. The maximum absolute atomic E-state index is 13.2. The van der Waals surface area contributed by atoms with Gasteiger partial charge in [-0.3, -0.25) is 4.79 Å². The summed E-state index contributed by atoms with van der Waals surface area (Å²) in [6.45, 7) is 4.76. The van der Waals surface area contributed by atoms with E-state index in [9.17, 15) is 17.6 Å². The van der Waals surface area contributed by atoms with Crippen LogP contribution in [-0.4, -0.2) is 60.9 Å². The van der Waals surface area contributed by atoms with Crippen molar-refractivity contribution in [2.24, 2.45) is 0 Å². The van der Waals surface area contributed by atoms with Gasteiger partial charge in [-0.2, -0.15) is 4.31 Å². The topological polar surface area (TPSA) is 87.5 Å². The van der Waals surface area contributed by atoms with Crippen LogP contribution in [-0.2, 0) is 16.6 Å². The van der Waals surface area contributed by atoms with Crippen LogP contribution in [0.3, 0.4) is 0 Å². The normalized spacial score (nSPS) is 14.8. The molecule has 8 nitrogen and oxygen atoms in total. The molecule has 2 heterocycles. The third-order valence-corrected chi connectivity index (χ3v) is 7.84. The van der Waals surface area contributed by atoms with Gasteiger partial charge in [0.25, 0.3) is 5.91 Å². The number of hydrogen-bond acceptors (Lipinski definition) is 5. The van der Waals surface area contributed by atoms with Gasteiger partial charge in [0.2, 0.25) is 10.0 Å². The molecular formula is C24H28FN5O3S. The van der Waals surface area contributed by atoms with Gasteiger partial charge in [-0.15, -0.1) is 0 Å². The van der Waals surface area contributed by atoms with Crippen LogP contribution in [0.25, 0.3) is 0 Å². The Morgan fingerprint density at radius 1 is 1.09 bits per heavy atom. The third-order valence-electron chi connectivity index (χ3n) is 5.95. The molecule has 1 N–H and O–H groups in total. The van der Waals surface area contributed by atoms with E-state index in [-0.39, 0.29) is 16.6 Å². The fourth-order valence-corrected chi connectivity index (χ4v) is 5.45. The van der Waals surface area contributed by atoms with E-state index in [4.69, 9.17) is 0 Å². The highest BCUT2D eigenvalue weighted by Gasteiger charge is 2.29. The summed E-state index contributed by atoms with van der Waals surface area (Å²) in [5.41, 5.74) is 1.17. The van der Waals surface area contributed by atoms with E-state index < -0.39 is 10.0 Å². The van der Waals surface area contributed by atoms with Crippen LogP contribution in [0.5, 0.6) is 0 Å². The average Bonchev–Trinajstić information content (AvgIpc) is 3.27. The number of imidazole rings is 1. The number of aryl methyl sites for hydroxylation is 2. The van der Waals surface area contributed by atoms with Crippen LogP contribution < -0.4 is 10.2 Å². The molecule has 1 amide bonds. The Labute approximate surface area is 199 Å². The Bertz CT molecular complexity index is 1240. The van der Waals surface area contributed by atoms with Crippen molar-refractivity contribution >= 4 is 21.6 Å². The summed E-state index contributed by atoms with van der Waals surface area (Å²) in [7, 11) is -3.73. The largest absolute Gasteiger partial charge is 0.369 e. The van der Waals surface area contributed by atoms with Crippen molar-refractivity contribution in [3.8, 4) is 0 Å². The molecule has 0 atom stereocenters. The summed E-state index contributed by atoms with van der Waals surface area (Å²) in [6.07, 6.45) is 4.37. The Balaban J connectivity index is 1.34. The summed E-state index contributed by atoms with van der Waals surface area (Å²) >= 11 is 0. The number of rotatable bonds is 8. The smallest absolute Gasteiger partial charge is 0.251 e. The quantitative estimate of drug-likeness (QED) is 0.496. The lowest BCUT2D eigenvalue weighted by Gasteiger charge is -2.35.